The molecular formula is C18H26N2O5. The van der Waals surface area contributed by atoms with E-state index in [9.17, 15) is 14.4 Å². The van der Waals surface area contributed by atoms with Crippen molar-refractivity contribution in [1.82, 2.24) is 5.32 Å². The Hall–Kier alpha value is -2.57. The number of primary amides is 1. The Bertz CT molecular complexity index is 605. The summed E-state index contributed by atoms with van der Waals surface area (Å²) >= 11 is 0. The van der Waals surface area contributed by atoms with Crippen molar-refractivity contribution in [3.8, 4) is 0 Å². The highest BCUT2D eigenvalue weighted by Gasteiger charge is 2.26. The number of carbonyl (C=O) groups is 3. The number of hydrogen-bond donors (Lipinski definition) is 2. The average molecular weight is 350 g/mol. The van der Waals surface area contributed by atoms with Crippen molar-refractivity contribution in [3.63, 3.8) is 0 Å². The van der Waals surface area contributed by atoms with Gasteiger partial charge in [0.05, 0.1) is 0 Å². The quantitative estimate of drug-likeness (QED) is 0.733. The summed E-state index contributed by atoms with van der Waals surface area (Å²) < 4.78 is 10.4. The molecule has 1 atom stereocenters. The van der Waals surface area contributed by atoms with Crippen molar-refractivity contribution in [1.29, 1.82) is 0 Å². The number of carbonyl (C=O) groups excluding carboxylic acids is 3. The summed E-state index contributed by atoms with van der Waals surface area (Å²) in [6, 6.07) is 6.51. The third-order valence-electron chi connectivity index (χ3n) is 3.16. The summed E-state index contributed by atoms with van der Waals surface area (Å²) in [4.78, 5) is 35.1. The molecule has 3 N–H and O–H groups in total. The number of hydrogen-bond acceptors (Lipinski definition) is 5. The van der Waals surface area contributed by atoms with E-state index in [-0.39, 0.29) is 19.4 Å². The minimum atomic E-state index is -1.01. The predicted octanol–water partition coefficient (Wildman–Crippen LogP) is 2.20. The molecule has 7 nitrogen and oxygen atoms in total. The van der Waals surface area contributed by atoms with Gasteiger partial charge in [-0.05, 0) is 39.7 Å². The maximum absolute atomic E-state index is 12.3. The van der Waals surface area contributed by atoms with Gasteiger partial charge in [0.15, 0.2) is 0 Å². The lowest BCUT2D eigenvalue weighted by atomic mass is 10.1. The van der Waals surface area contributed by atoms with Gasteiger partial charge in [-0.2, -0.15) is 0 Å². The second-order valence-corrected chi connectivity index (χ2v) is 6.80. The van der Waals surface area contributed by atoms with Crippen LogP contribution in [0.2, 0.25) is 0 Å². The monoisotopic (exact) mass is 350 g/mol. The number of nitrogens with two attached hydrogens (primary N) is 1. The topological polar surface area (TPSA) is 108 Å². The van der Waals surface area contributed by atoms with Crippen LogP contribution in [-0.4, -0.2) is 29.6 Å². The molecule has 0 aromatic heterocycles. The number of esters is 1. The predicted molar refractivity (Wildman–Crippen MR) is 92.6 cm³/mol. The van der Waals surface area contributed by atoms with Gasteiger partial charge in [-0.15, -0.1) is 0 Å². The molecule has 0 heterocycles. The van der Waals surface area contributed by atoms with Crippen LogP contribution in [0.1, 0.15) is 44.7 Å². The van der Waals surface area contributed by atoms with E-state index < -0.39 is 29.6 Å². The first-order chi connectivity index (χ1) is 11.6. The molecule has 0 unspecified atom stereocenters. The Balaban J connectivity index is 2.66. The van der Waals surface area contributed by atoms with Crippen molar-refractivity contribution in [2.24, 2.45) is 5.73 Å². The van der Waals surface area contributed by atoms with Crippen LogP contribution in [-0.2, 0) is 25.7 Å². The zero-order valence-electron chi connectivity index (χ0n) is 15.1. The molecule has 0 radical (unpaired) electrons. The van der Waals surface area contributed by atoms with Crippen LogP contribution in [0.25, 0.3) is 0 Å². The van der Waals surface area contributed by atoms with Crippen LogP contribution >= 0.6 is 0 Å². The molecule has 1 aromatic rings. The molecule has 1 aromatic carbocycles. The first-order valence-electron chi connectivity index (χ1n) is 8.07. The van der Waals surface area contributed by atoms with Gasteiger partial charge in [0.25, 0.3) is 0 Å². The summed E-state index contributed by atoms with van der Waals surface area (Å²) in [7, 11) is 0. The van der Waals surface area contributed by atoms with Gasteiger partial charge in [0, 0.05) is 6.42 Å². The van der Waals surface area contributed by atoms with Gasteiger partial charge in [-0.1, -0.05) is 29.8 Å². The summed E-state index contributed by atoms with van der Waals surface area (Å²) in [5.41, 5.74) is 6.34. The van der Waals surface area contributed by atoms with E-state index in [1.807, 2.05) is 31.2 Å². The molecule has 0 bridgehead atoms. The van der Waals surface area contributed by atoms with Crippen LogP contribution in [0.3, 0.4) is 0 Å². The van der Waals surface area contributed by atoms with Gasteiger partial charge >= 0.3 is 12.1 Å². The van der Waals surface area contributed by atoms with Crippen molar-refractivity contribution in [2.45, 2.75) is 58.8 Å². The maximum atomic E-state index is 12.3. The van der Waals surface area contributed by atoms with E-state index in [4.69, 9.17) is 15.2 Å². The molecule has 25 heavy (non-hydrogen) atoms. The highest BCUT2D eigenvalue weighted by molar-refractivity contribution is 5.82. The normalized spacial score (nSPS) is 12.2. The molecule has 0 fully saturated rings. The van der Waals surface area contributed by atoms with E-state index >= 15 is 0 Å². The molecule has 0 aliphatic rings. The minimum Gasteiger partial charge on any atom is -0.459 e. The Morgan fingerprint density at radius 2 is 1.76 bits per heavy atom. The number of benzene rings is 1. The van der Waals surface area contributed by atoms with Crippen molar-refractivity contribution >= 4 is 18.0 Å². The number of ether oxygens (including phenoxy) is 2. The smallest absolute Gasteiger partial charge is 0.408 e. The zero-order valence-corrected chi connectivity index (χ0v) is 15.1. The Labute approximate surface area is 147 Å². The van der Waals surface area contributed by atoms with Crippen molar-refractivity contribution in [2.75, 3.05) is 0 Å². The molecule has 0 saturated heterocycles. The van der Waals surface area contributed by atoms with E-state index in [2.05, 4.69) is 5.32 Å². The standard InChI is InChI=1S/C18H26N2O5/c1-12-5-7-13(8-6-12)11-24-16(22)14(9-10-15(19)21)20-17(23)25-18(2,3)4/h5-8,14H,9-11H2,1-4H3,(H2,19,21)(H,20,23)/t14-/m1/s1. The molecule has 138 valence electrons. The number of alkyl carbamates (subject to hydrolysis) is 1. The van der Waals surface area contributed by atoms with Crippen LogP contribution < -0.4 is 11.1 Å². The average Bonchev–Trinajstić information content (AvgIpc) is 2.48. The highest BCUT2D eigenvalue weighted by atomic mass is 16.6. The fraction of sp³-hybridized carbons (Fsp3) is 0.500. The first-order valence-corrected chi connectivity index (χ1v) is 8.07. The van der Waals surface area contributed by atoms with E-state index in [0.29, 0.717) is 0 Å². The Morgan fingerprint density at radius 3 is 2.28 bits per heavy atom. The van der Waals surface area contributed by atoms with Gasteiger partial charge in [-0.25, -0.2) is 9.59 Å². The van der Waals surface area contributed by atoms with Gasteiger partial charge in [0.1, 0.15) is 18.2 Å². The second kappa shape index (κ2) is 9.05. The largest absolute Gasteiger partial charge is 0.459 e. The molecule has 1 rings (SSSR count). The lowest BCUT2D eigenvalue weighted by molar-refractivity contribution is -0.147. The number of amides is 2. The fourth-order valence-corrected chi connectivity index (χ4v) is 1.92. The van der Waals surface area contributed by atoms with Crippen molar-refractivity contribution in [3.05, 3.63) is 35.4 Å². The van der Waals surface area contributed by atoms with Gasteiger partial charge < -0.3 is 20.5 Å². The molecular weight excluding hydrogens is 324 g/mol. The van der Waals surface area contributed by atoms with Crippen LogP contribution in [0.5, 0.6) is 0 Å². The number of nitrogens with one attached hydrogen (secondary N) is 1. The number of aryl methyl sites for hydroxylation is 1. The second-order valence-electron chi connectivity index (χ2n) is 6.80. The minimum absolute atomic E-state index is 0.0430. The summed E-state index contributed by atoms with van der Waals surface area (Å²) in [6.45, 7) is 7.16. The Morgan fingerprint density at radius 1 is 1.16 bits per heavy atom. The molecule has 2 amide bonds. The first kappa shape index (κ1) is 20.5. The SMILES string of the molecule is Cc1ccc(COC(=O)[C@@H](CCC(N)=O)NC(=O)OC(C)(C)C)cc1. The number of rotatable bonds is 7. The maximum Gasteiger partial charge on any atom is 0.408 e. The summed E-state index contributed by atoms with van der Waals surface area (Å²) in [5, 5.41) is 2.43. The third kappa shape index (κ3) is 8.74. The molecule has 7 heteroatoms. The molecule has 0 spiro atoms. The summed E-state index contributed by atoms with van der Waals surface area (Å²) in [6.07, 6.45) is -0.768. The molecule has 0 saturated carbocycles. The fourth-order valence-electron chi connectivity index (χ4n) is 1.92. The van der Waals surface area contributed by atoms with Crippen LogP contribution in [0.4, 0.5) is 4.79 Å². The van der Waals surface area contributed by atoms with Crippen LogP contribution in [0.15, 0.2) is 24.3 Å². The molecule has 0 aliphatic heterocycles. The lowest BCUT2D eigenvalue weighted by Crippen LogP contribution is -2.44. The summed E-state index contributed by atoms with van der Waals surface area (Å²) in [5.74, 6) is -1.21. The lowest BCUT2D eigenvalue weighted by Gasteiger charge is -2.22. The Kier molecular flexibility index (Phi) is 7.42. The van der Waals surface area contributed by atoms with Gasteiger partial charge in [0.2, 0.25) is 5.91 Å². The van der Waals surface area contributed by atoms with E-state index in [1.165, 1.54) is 0 Å². The molecule has 0 aliphatic carbocycles. The third-order valence-corrected chi connectivity index (χ3v) is 3.16. The zero-order chi connectivity index (χ0) is 19.0. The van der Waals surface area contributed by atoms with Gasteiger partial charge in [-0.3, -0.25) is 4.79 Å². The highest BCUT2D eigenvalue weighted by Crippen LogP contribution is 2.10. The van der Waals surface area contributed by atoms with E-state index in [0.717, 1.165) is 11.1 Å². The van der Waals surface area contributed by atoms with E-state index in [1.54, 1.807) is 20.8 Å². The van der Waals surface area contributed by atoms with Crippen molar-refractivity contribution < 1.29 is 23.9 Å². The van der Waals surface area contributed by atoms with Crippen LogP contribution in [0, 0.1) is 6.92 Å².